The van der Waals surface area contributed by atoms with E-state index >= 15 is 0 Å². The van der Waals surface area contributed by atoms with E-state index in [4.69, 9.17) is 11.6 Å². The second-order valence-electron chi connectivity index (χ2n) is 3.72. The zero-order chi connectivity index (χ0) is 13.5. The minimum Gasteiger partial charge on any atom is -0.282 e. The third-order valence-electron chi connectivity index (χ3n) is 2.27. The summed E-state index contributed by atoms with van der Waals surface area (Å²) >= 11 is 5.70. The van der Waals surface area contributed by atoms with Gasteiger partial charge >= 0.3 is 0 Å². The van der Waals surface area contributed by atoms with Crippen LogP contribution < -0.4 is 10.9 Å². The zero-order valence-corrected chi connectivity index (χ0v) is 10.8. The predicted molar refractivity (Wildman–Crippen MR) is 76.5 cm³/mol. The van der Waals surface area contributed by atoms with Gasteiger partial charge < -0.3 is 0 Å². The number of amides is 1. The van der Waals surface area contributed by atoms with Crippen LogP contribution in [0.15, 0.2) is 54.7 Å². The van der Waals surface area contributed by atoms with Crippen molar-refractivity contribution < 1.29 is 4.79 Å². The number of anilines is 1. The Morgan fingerprint density at radius 1 is 1.16 bits per heavy atom. The van der Waals surface area contributed by atoms with Crippen molar-refractivity contribution in [2.45, 2.75) is 0 Å². The minimum atomic E-state index is -0.263. The monoisotopic (exact) mass is 273 g/mol. The quantitative estimate of drug-likeness (QED) is 0.665. The summed E-state index contributed by atoms with van der Waals surface area (Å²) in [5.74, 6) is 0.256. The molecule has 2 aromatic rings. The highest BCUT2D eigenvalue weighted by Gasteiger charge is 1.96. The molecule has 1 aromatic heterocycles. The van der Waals surface area contributed by atoms with Gasteiger partial charge in [0.25, 0.3) is 5.91 Å². The maximum Gasteiger partial charge on any atom is 0.262 e. The number of halogens is 1. The number of benzene rings is 1. The molecule has 0 aliphatic rings. The number of carbonyl (C=O) groups is 1. The molecule has 4 nitrogen and oxygen atoms in total. The molecule has 0 unspecified atom stereocenters. The lowest BCUT2D eigenvalue weighted by molar-refractivity contribution is -0.116. The van der Waals surface area contributed by atoms with E-state index in [1.807, 2.05) is 30.3 Å². The van der Waals surface area contributed by atoms with Gasteiger partial charge in [-0.2, -0.15) is 0 Å². The lowest BCUT2D eigenvalue weighted by Gasteiger charge is -2.04. The SMILES string of the molecule is O=C(/C=C/c1ccccc1)NNc1ccc(Cl)cn1. The number of nitrogens with zero attached hydrogens (tertiary/aromatic N) is 1. The maximum atomic E-state index is 11.5. The number of nitrogens with one attached hydrogen (secondary N) is 2. The number of rotatable bonds is 4. The number of hydrogen-bond acceptors (Lipinski definition) is 3. The van der Waals surface area contributed by atoms with Crippen molar-refractivity contribution in [2.75, 3.05) is 5.43 Å². The first-order valence-corrected chi connectivity index (χ1v) is 6.02. The Hall–Kier alpha value is -2.33. The summed E-state index contributed by atoms with van der Waals surface area (Å²) in [5.41, 5.74) is 6.16. The van der Waals surface area contributed by atoms with Crippen molar-refractivity contribution in [3.63, 3.8) is 0 Å². The number of hydrogen-bond donors (Lipinski definition) is 2. The molecule has 5 heteroatoms. The van der Waals surface area contributed by atoms with Gasteiger partial charge in [0.15, 0.2) is 0 Å². The normalized spacial score (nSPS) is 10.4. The van der Waals surface area contributed by atoms with E-state index in [1.165, 1.54) is 12.3 Å². The summed E-state index contributed by atoms with van der Waals surface area (Å²) in [5, 5.41) is 0.542. The molecule has 1 amide bonds. The van der Waals surface area contributed by atoms with E-state index in [-0.39, 0.29) is 5.91 Å². The summed E-state index contributed by atoms with van der Waals surface area (Å²) in [4.78, 5) is 15.5. The minimum absolute atomic E-state index is 0.263. The molecule has 2 rings (SSSR count). The first kappa shape index (κ1) is 13.1. The molecule has 1 heterocycles. The van der Waals surface area contributed by atoms with Crippen LogP contribution in [0.3, 0.4) is 0 Å². The van der Waals surface area contributed by atoms with Gasteiger partial charge in [0.2, 0.25) is 0 Å². The first-order chi connectivity index (χ1) is 9.24. The van der Waals surface area contributed by atoms with Gasteiger partial charge in [0.1, 0.15) is 5.82 Å². The Bertz CT molecular complexity index is 567. The van der Waals surface area contributed by atoms with Gasteiger partial charge in [-0.15, -0.1) is 0 Å². The summed E-state index contributed by atoms with van der Waals surface area (Å²) < 4.78 is 0. The van der Waals surface area contributed by atoms with E-state index < -0.39 is 0 Å². The molecule has 0 saturated carbocycles. The molecule has 19 heavy (non-hydrogen) atoms. The lowest BCUT2D eigenvalue weighted by atomic mass is 10.2. The average molecular weight is 274 g/mol. The Morgan fingerprint density at radius 3 is 2.63 bits per heavy atom. The largest absolute Gasteiger partial charge is 0.282 e. The van der Waals surface area contributed by atoms with Crippen molar-refractivity contribution in [3.05, 3.63) is 65.3 Å². The zero-order valence-electron chi connectivity index (χ0n) is 10.0. The summed E-state index contributed by atoms with van der Waals surface area (Å²) in [6.45, 7) is 0. The molecule has 0 spiro atoms. The summed E-state index contributed by atoms with van der Waals surface area (Å²) in [6.07, 6.45) is 4.67. The van der Waals surface area contributed by atoms with Gasteiger partial charge in [-0.1, -0.05) is 41.9 Å². The average Bonchev–Trinajstić information content (AvgIpc) is 2.45. The van der Waals surface area contributed by atoms with Crippen LogP contribution in [0.1, 0.15) is 5.56 Å². The van der Waals surface area contributed by atoms with Gasteiger partial charge in [-0.25, -0.2) is 4.98 Å². The highest BCUT2D eigenvalue weighted by molar-refractivity contribution is 6.30. The fourth-order valence-electron chi connectivity index (χ4n) is 1.35. The fourth-order valence-corrected chi connectivity index (χ4v) is 1.46. The lowest BCUT2D eigenvalue weighted by Crippen LogP contribution is -2.27. The Balaban J connectivity index is 1.85. The first-order valence-electron chi connectivity index (χ1n) is 5.65. The van der Waals surface area contributed by atoms with Crippen LogP contribution in [0.25, 0.3) is 6.08 Å². The van der Waals surface area contributed by atoms with Crippen LogP contribution in [-0.4, -0.2) is 10.9 Å². The molecule has 0 bridgehead atoms. The number of aromatic nitrogens is 1. The molecule has 0 fully saturated rings. The standard InChI is InChI=1S/C14H12ClN3O/c15-12-7-8-13(16-10-12)17-18-14(19)9-6-11-4-2-1-3-5-11/h1-10H,(H,16,17)(H,18,19)/b9-6+. The van der Waals surface area contributed by atoms with Crippen LogP contribution in [0, 0.1) is 0 Å². The Morgan fingerprint density at radius 2 is 1.95 bits per heavy atom. The fraction of sp³-hybridized carbons (Fsp3) is 0. The van der Waals surface area contributed by atoms with Crippen molar-refractivity contribution in [2.24, 2.45) is 0 Å². The summed E-state index contributed by atoms with van der Waals surface area (Å²) in [6, 6.07) is 12.9. The van der Waals surface area contributed by atoms with Crippen molar-refractivity contribution in [1.82, 2.24) is 10.4 Å². The van der Waals surface area contributed by atoms with Crippen LogP contribution in [-0.2, 0) is 4.79 Å². The van der Waals surface area contributed by atoms with Gasteiger partial charge in [-0.05, 0) is 23.8 Å². The van der Waals surface area contributed by atoms with E-state index in [1.54, 1.807) is 18.2 Å². The van der Waals surface area contributed by atoms with Crippen LogP contribution in [0.5, 0.6) is 0 Å². The second-order valence-corrected chi connectivity index (χ2v) is 4.16. The van der Waals surface area contributed by atoms with Crippen LogP contribution >= 0.6 is 11.6 Å². The van der Waals surface area contributed by atoms with E-state index in [0.717, 1.165) is 5.56 Å². The molecular formula is C14H12ClN3O. The summed E-state index contributed by atoms with van der Waals surface area (Å²) in [7, 11) is 0. The smallest absolute Gasteiger partial charge is 0.262 e. The molecule has 0 saturated heterocycles. The van der Waals surface area contributed by atoms with E-state index in [2.05, 4.69) is 15.8 Å². The molecule has 0 atom stereocenters. The highest BCUT2D eigenvalue weighted by Crippen LogP contribution is 2.08. The Labute approximate surface area is 116 Å². The second kappa shape index (κ2) is 6.56. The van der Waals surface area contributed by atoms with Gasteiger partial charge in [-0.3, -0.25) is 15.6 Å². The molecule has 96 valence electrons. The third kappa shape index (κ3) is 4.44. The molecule has 1 aromatic carbocycles. The van der Waals surface area contributed by atoms with E-state index in [0.29, 0.717) is 10.8 Å². The van der Waals surface area contributed by atoms with Crippen LogP contribution in [0.2, 0.25) is 5.02 Å². The Kier molecular flexibility index (Phi) is 4.53. The number of pyridine rings is 1. The molecule has 0 radical (unpaired) electrons. The van der Waals surface area contributed by atoms with Crippen molar-refractivity contribution >= 4 is 29.4 Å². The van der Waals surface area contributed by atoms with Gasteiger partial charge in [0.05, 0.1) is 5.02 Å². The number of hydrazine groups is 1. The van der Waals surface area contributed by atoms with E-state index in [9.17, 15) is 4.79 Å². The van der Waals surface area contributed by atoms with Crippen molar-refractivity contribution in [3.8, 4) is 0 Å². The maximum absolute atomic E-state index is 11.5. The molecule has 0 aliphatic heterocycles. The van der Waals surface area contributed by atoms with Crippen molar-refractivity contribution in [1.29, 1.82) is 0 Å². The van der Waals surface area contributed by atoms with Crippen LogP contribution in [0.4, 0.5) is 5.82 Å². The topological polar surface area (TPSA) is 54.0 Å². The molecular weight excluding hydrogens is 262 g/mol. The van der Waals surface area contributed by atoms with Gasteiger partial charge in [0, 0.05) is 12.3 Å². The predicted octanol–water partition coefficient (Wildman–Crippen LogP) is 2.89. The highest BCUT2D eigenvalue weighted by atomic mass is 35.5. The number of carbonyl (C=O) groups excluding carboxylic acids is 1. The molecule has 2 N–H and O–H groups in total. The third-order valence-corrected chi connectivity index (χ3v) is 2.49. The molecule has 0 aliphatic carbocycles.